The van der Waals surface area contributed by atoms with Gasteiger partial charge in [0.25, 0.3) is 11.8 Å². The average molecular weight is 490 g/mol. The summed E-state index contributed by atoms with van der Waals surface area (Å²) < 4.78 is 93.8. The highest BCUT2D eigenvalue weighted by atomic mass is 19.4. The van der Waals surface area contributed by atoms with Crippen LogP contribution in [0.25, 0.3) is 0 Å². The molecular formula is C22H20F6N2O4. The predicted molar refractivity (Wildman–Crippen MR) is 108 cm³/mol. The summed E-state index contributed by atoms with van der Waals surface area (Å²) in [5.41, 5.74) is 1.32. The van der Waals surface area contributed by atoms with Crippen LogP contribution in [0.2, 0.25) is 0 Å². The van der Waals surface area contributed by atoms with E-state index in [-0.39, 0.29) is 11.3 Å². The van der Waals surface area contributed by atoms with Crippen molar-refractivity contribution in [3.63, 3.8) is 0 Å². The summed E-state index contributed by atoms with van der Waals surface area (Å²) in [5.74, 6) is -9.46. The van der Waals surface area contributed by atoms with Crippen LogP contribution in [-0.2, 0) is 9.53 Å². The van der Waals surface area contributed by atoms with Crippen molar-refractivity contribution in [3.8, 4) is 5.75 Å². The van der Waals surface area contributed by atoms with Gasteiger partial charge in [-0.15, -0.1) is 0 Å². The van der Waals surface area contributed by atoms with Gasteiger partial charge in [-0.1, -0.05) is 13.0 Å². The van der Waals surface area contributed by atoms with Crippen LogP contribution in [0.15, 0.2) is 30.3 Å². The molecule has 4 atom stereocenters. The van der Waals surface area contributed by atoms with Crippen LogP contribution in [0.4, 0.5) is 32.0 Å². The molecule has 0 spiro atoms. The molecule has 0 bridgehead atoms. The highest BCUT2D eigenvalue weighted by molar-refractivity contribution is 5.98. The fraction of sp³-hybridized carbons (Fsp3) is 0.364. The number of anilines is 1. The van der Waals surface area contributed by atoms with Crippen LogP contribution >= 0.6 is 0 Å². The number of alkyl halides is 3. The molecule has 2 aromatic rings. The molecule has 1 fully saturated rings. The number of methoxy groups -OCH3 is 1. The molecule has 0 saturated carbocycles. The number of ether oxygens (including phenoxy) is 2. The van der Waals surface area contributed by atoms with Gasteiger partial charge in [0.2, 0.25) is 5.82 Å². The van der Waals surface area contributed by atoms with E-state index >= 15 is 0 Å². The Morgan fingerprint density at radius 1 is 1.12 bits per heavy atom. The molecule has 0 unspecified atom stereocenters. The number of hydrogen-bond donors (Lipinski definition) is 2. The third kappa shape index (κ3) is 4.17. The number of nitrogens with one attached hydrogen (secondary N) is 1. The quantitative estimate of drug-likeness (QED) is 0.612. The van der Waals surface area contributed by atoms with Gasteiger partial charge in [0, 0.05) is 23.1 Å². The Kier molecular flexibility index (Phi) is 6.57. The molecule has 2 aromatic carbocycles. The lowest BCUT2D eigenvalue weighted by Gasteiger charge is -2.32. The van der Waals surface area contributed by atoms with E-state index in [1.807, 2.05) is 0 Å². The first-order chi connectivity index (χ1) is 15.7. The average Bonchev–Trinajstić information content (AvgIpc) is 3.03. The lowest BCUT2D eigenvalue weighted by molar-refractivity contribution is -0.272. The van der Waals surface area contributed by atoms with E-state index in [0.717, 1.165) is 45.2 Å². The van der Waals surface area contributed by atoms with Crippen LogP contribution in [0, 0.1) is 23.4 Å². The molecule has 1 aliphatic rings. The van der Waals surface area contributed by atoms with E-state index < -0.39 is 70.3 Å². The summed E-state index contributed by atoms with van der Waals surface area (Å²) in [6.07, 6.45) is -6.77. The van der Waals surface area contributed by atoms with Crippen LogP contribution in [0.3, 0.4) is 0 Å². The number of rotatable bonds is 5. The molecule has 0 radical (unpaired) electrons. The van der Waals surface area contributed by atoms with Crippen molar-refractivity contribution >= 4 is 17.5 Å². The van der Waals surface area contributed by atoms with Gasteiger partial charge in [-0.25, -0.2) is 8.78 Å². The first kappa shape index (κ1) is 25.3. The molecular weight excluding hydrogens is 470 g/mol. The van der Waals surface area contributed by atoms with Crippen molar-refractivity contribution in [3.05, 3.63) is 58.9 Å². The van der Waals surface area contributed by atoms with Gasteiger partial charge >= 0.3 is 6.18 Å². The van der Waals surface area contributed by atoms with E-state index in [4.69, 9.17) is 15.2 Å². The van der Waals surface area contributed by atoms with Gasteiger partial charge < -0.3 is 20.5 Å². The number of nitrogens with two attached hydrogens (primary N) is 1. The van der Waals surface area contributed by atoms with E-state index in [1.165, 1.54) is 0 Å². The Labute approximate surface area is 190 Å². The molecule has 6 nitrogen and oxygen atoms in total. The van der Waals surface area contributed by atoms with Crippen molar-refractivity contribution in [2.75, 3.05) is 12.4 Å². The Morgan fingerprint density at radius 3 is 2.29 bits per heavy atom. The molecule has 3 N–H and O–H groups in total. The smallest absolute Gasteiger partial charge is 0.417 e. The molecule has 34 heavy (non-hydrogen) atoms. The number of carbonyl (C=O) groups excluding carboxylic acids is 2. The van der Waals surface area contributed by atoms with Gasteiger partial charge in [-0.2, -0.15) is 17.6 Å². The third-order valence-electron chi connectivity index (χ3n) is 6.07. The normalized spacial score (nSPS) is 24.7. The maximum absolute atomic E-state index is 14.4. The molecule has 184 valence electrons. The Hall–Kier alpha value is -3.28. The first-order valence-corrected chi connectivity index (χ1v) is 9.89. The zero-order chi connectivity index (χ0) is 25.6. The van der Waals surface area contributed by atoms with Crippen molar-refractivity contribution in [2.45, 2.75) is 37.6 Å². The molecule has 0 aliphatic carbocycles. The Bertz CT molecular complexity index is 1140. The Balaban J connectivity index is 2.08. The standard InChI is InChI=1S/C22H20F6N2O4/c1-9-15(11-5-7-14(24)16(25)17(11)33-3)18(34-21(9,2)22(26,27)28)20(32)30-10-4-6-13(23)12(8-10)19(29)31/h4-9,15,18H,1-3H3,(H2,29,31)(H,30,32)/t9-,15-,18+,21-/m1/s1. The first-order valence-electron chi connectivity index (χ1n) is 9.89. The number of halogens is 6. The molecule has 1 saturated heterocycles. The number of benzene rings is 2. The second-order valence-corrected chi connectivity index (χ2v) is 7.99. The van der Waals surface area contributed by atoms with E-state index in [0.29, 0.717) is 6.07 Å². The molecule has 12 heteroatoms. The Morgan fingerprint density at radius 2 is 1.74 bits per heavy atom. The number of carbonyl (C=O) groups is 2. The van der Waals surface area contributed by atoms with Crippen molar-refractivity contribution in [1.82, 2.24) is 0 Å². The molecule has 1 aliphatic heterocycles. The van der Waals surface area contributed by atoms with E-state index in [1.54, 1.807) is 0 Å². The summed E-state index contributed by atoms with van der Waals surface area (Å²) in [6.45, 7) is 1.91. The van der Waals surface area contributed by atoms with Crippen LogP contribution in [0.1, 0.15) is 35.7 Å². The largest absolute Gasteiger partial charge is 0.493 e. The van der Waals surface area contributed by atoms with E-state index in [2.05, 4.69) is 5.32 Å². The number of primary amides is 1. The third-order valence-corrected chi connectivity index (χ3v) is 6.07. The van der Waals surface area contributed by atoms with Crippen LogP contribution in [-0.4, -0.2) is 36.8 Å². The van der Waals surface area contributed by atoms with E-state index in [9.17, 15) is 35.9 Å². The number of hydrogen-bond acceptors (Lipinski definition) is 4. The minimum absolute atomic E-state index is 0.145. The predicted octanol–water partition coefficient (Wildman–Crippen LogP) is 4.29. The summed E-state index contributed by atoms with van der Waals surface area (Å²) in [7, 11) is 1.00. The topological polar surface area (TPSA) is 90.6 Å². The second-order valence-electron chi connectivity index (χ2n) is 7.99. The molecule has 1 heterocycles. The van der Waals surface area contributed by atoms with Gasteiger partial charge in [-0.05, 0) is 31.2 Å². The fourth-order valence-electron chi connectivity index (χ4n) is 4.05. The van der Waals surface area contributed by atoms with Crippen molar-refractivity contribution < 1.29 is 45.4 Å². The van der Waals surface area contributed by atoms with Crippen LogP contribution < -0.4 is 15.8 Å². The zero-order valence-corrected chi connectivity index (χ0v) is 18.1. The minimum Gasteiger partial charge on any atom is -0.493 e. The van der Waals surface area contributed by atoms with Crippen molar-refractivity contribution in [1.29, 1.82) is 0 Å². The van der Waals surface area contributed by atoms with Gasteiger partial charge in [0.1, 0.15) is 11.9 Å². The lowest BCUT2D eigenvalue weighted by Crippen LogP contribution is -2.47. The van der Waals surface area contributed by atoms with Crippen LogP contribution in [0.5, 0.6) is 5.75 Å². The lowest BCUT2D eigenvalue weighted by atomic mass is 9.77. The summed E-state index contributed by atoms with van der Waals surface area (Å²) in [6, 6.07) is 4.53. The monoisotopic (exact) mass is 490 g/mol. The van der Waals surface area contributed by atoms with Gasteiger partial charge in [0.05, 0.1) is 12.7 Å². The van der Waals surface area contributed by atoms with Gasteiger partial charge in [0.15, 0.2) is 17.2 Å². The van der Waals surface area contributed by atoms with Gasteiger partial charge in [-0.3, -0.25) is 9.59 Å². The highest BCUT2D eigenvalue weighted by Crippen LogP contribution is 2.55. The number of amides is 2. The highest BCUT2D eigenvalue weighted by Gasteiger charge is 2.65. The maximum Gasteiger partial charge on any atom is 0.417 e. The molecule has 2 amide bonds. The summed E-state index contributed by atoms with van der Waals surface area (Å²) in [5, 5.41) is 2.26. The second kappa shape index (κ2) is 8.82. The van der Waals surface area contributed by atoms with Crippen molar-refractivity contribution in [2.24, 2.45) is 11.7 Å². The fourth-order valence-corrected chi connectivity index (χ4v) is 4.05. The SMILES string of the molecule is COc1c([C@@H]2[C@@H](C(=O)Nc3ccc(F)c(C(N)=O)c3)O[C@@](C)(C(F)(F)F)[C@@H]2C)ccc(F)c1F. The molecule has 3 rings (SSSR count). The zero-order valence-electron chi connectivity index (χ0n) is 18.1. The minimum atomic E-state index is -4.93. The molecule has 0 aromatic heterocycles. The maximum atomic E-state index is 14.4. The summed E-state index contributed by atoms with van der Waals surface area (Å²) in [4.78, 5) is 24.4. The summed E-state index contributed by atoms with van der Waals surface area (Å²) >= 11 is 0.